The van der Waals surface area contributed by atoms with E-state index in [9.17, 15) is 9.59 Å². The molecule has 0 atom stereocenters. The van der Waals surface area contributed by atoms with Crippen molar-refractivity contribution in [2.75, 3.05) is 0 Å². The second-order valence-electron chi connectivity index (χ2n) is 6.41. The zero-order valence-corrected chi connectivity index (χ0v) is 17.3. The standard InChI is InChI=1S/C21H20ClN3O3S/c1-14-2-8-18(9-3-14)28-12-21-23-17(13-29-21)11-20(27)25-24-19(26)10-15-4-6-16(22)7-5-15/h2-9,13H,10-12H2,1H3,(H,24,26)(H,25,27). The minimum atomic E-state index is -0.342. The highest BCUT2D eigenvalue weighted by Crippen LogP contribution is 2.16. The molecular formula is C21H20ClN3O3S. The number of hydrogen-bond acceptors (Lipinski definition) is 5. The Hall–Kier alpha value is -2.90. The number of halogens is 1. The Labute approximate surface area is 177 Å². The van der Waals surface area contributed by atoms with Crippen LogP contribution >= 0.6 is 22.9 Å². The lowest BCUT2D eigenvalue weighted by atomic mass is 10.1. The number of rotatable bonds is 7. The number of ether oxygens (including phenoxy) is 1. The monoisotopic (exact) mass is 429 g/mol. The Bertz CT molecular complexity index is 972. The van der Waals surface area contributed by atoms with E-state index < -0.39 is 0 Å². The fraction of sp³-hybridized carbons (Fsp3) is 0.190. The molecule has 0 spiro atoms. The van der Waals surface area contributed by atoms with E-state index in [0.717, 1.165) is 16.3 Å². The number of aryl methyl sites for hydroxylation is 1. The minimum Gasteiger partial charge on any atom is -0.486 e. The molecule has 0 radical (unpaired) electrons. The van der Waals surface area contributed by atoms with E-state index in [1.807, 2.05) is 36.6 Å². The average molecular weight is 430 g/mol. The first-order valence-electron chi connectivity index (χ1n) is 8.93. The molecule has 2 amide bonds. The summed E-state index contributed by atoms with van der Waals surface area (Å²) in [4.78, 5) is 28.3. The largest absolute Gasteiger partial charge is 0.486 e. The van der Waals surface area contributed by atoms with E-state index in [1.54, 1.807) is 24.3 Å². The Morgan fingerprint density at radius 2 is 1.66 bits per heavy atom. The third kappa shape index (κ3) is 6.89. The molecule has 3 aromatic rings. The highest BCUT2D eigenvalue weighted by Gasteiger charge is 2.10. The van der Waals surface area contributed by atoms with Gasteiger partial charge in [-0.3, -0.25) is 20.4 Å². The van der Waals surface area contributed by atoms with Gasteiger partial charge in [-0.15, -0.1) is 11.3 Å². The fourth-order valence-electron chi connectivity index (χ4n) is 2.46. The number of carbonyl (C=O) groups excluding carboxylic acids is 2. The van der Waals surface area contributed by atoms with Crippen molar-refractivity contribution in [2.24, 2.45) is 0 Å². The second kappa shape index (κ2) is 10.0. The maximum Gasteiger partial charge on any atom is 0.244 e. The van der Waals surface area contributed by atoms with Crippen molar-refractivity contribution in [1.29, 1.82) is 0 Å². The Morgan fingerprint density at radius 3 is 2.34 bits per heavy atom. The molecule has 0 unspecified atom stereocenters. The lowest BCUT2D eigenvalue weighted by molar-refractivity contribution is -0.128. The topological polar surface area (TPSA) is 80.3 Å². The molecule has 8 heteroatoms. The first-order chi connectivity index (χ1) is 14.0. The van der Waals surface area contributed by atoms with Gasteiger partial charge in [-0.25, -0.2) is 4.98 Å². The van der Waals surface area contributed by atoms with Gasteiger partial charge in [-0.1, -0.05) is 41.4 Å². The van der Waals surface area contributed by atoms with Gasteiger partial charge in [0.15, 0.2) is 0 Å². The summed E-state index contributed by atoms with van der Waals surface area (Å²) in [5.74, 6) is 0.116. The Morgan fingerprint density at radius 1 is 1.00 bits per heavy atom. The normalized spacial score (nSPS) is 10.4. The Balaban J connectivity index is 1.40. The van der Waals surface area contributed by atoms with Gasteiger partial charge in [-0.05, 0) is 36.8 Å². The molecule has 29 heavy (non-hydrogen) atoms. The molecule has 0 saturated carbocycles. The molecule has 0 aliphatic heterocycles. The van der Waals surface area contributed by atoms with Gasteiger partial charge in [0.05, 0.1) is 18.5 Å². The Kier molecular flexibility index (Phi) is 7.21. The molecule has 2 N–H and O–H groups in total. The van der Waals surface area contributed by atoms with Crippen LogP contribution in [-0.4, -0.2) is 16.8 Å². The lowest BCUT2D eigenvalue weighted by Crippen LogP contribution is -2.43. The van der Waals surface area contributed by atoms with Gasteiger partial charge in [-0.2, -0.15) is 0 Å². The zero-order valence-electron chi connectivity index (χ0n) is 15.8. The van der Waals surface area contributed by atoms with Crippen LogP contribution in [0.1, 0.15) is 21.8 Å². The molecule has 0 saturated heterocycles. The summed E-state index contributed by atoms with van der Waals surface area (Å²) < 4.78 is 5.69. The highest BCUT2D eigenvalue weighted by molar-refractivity contribution is 7.09. The number of hydrazine groups is 1. The van der Waals surface area contributed by atoms with Crippen LogP contribution in [0.3, 0.4) is 0 Å². The van der Waals surface area contributed by atoms with Gasteiger partial charge in [0.25, 0.3) is 0 Å². The van der Waals surface area contributed by atoms with E-state index in [2.05, 4.69) is 15.8 Å². The smallest absolute Gasteiger partial charge is 0.244 e. The first kappa shape index (κ1) is 20.8. The predicted molar refractivity (Wildman–Crippen MR) is 113 cm³/mol. The molecule has 0 aliphatic carbocycles. The average Bonchev–Trinajstić information content (AvgIpc) is 3.15. The van der Waals surface area contributed by atoms with Gasteiger partial charge in [0.2, 0.25) is 11.8 Å². The maximum absolute atomic E-state index is 12.0. The first-order valence-corrected chi connectivity index (χ1v) is 10.2. The van der Waals surface area contributed by atoms with Gasteiger partial charge in [0.1, 0.15) is 17.4 Å². The van der Waals surface area contributed by atoms with Crippen LogP contribution in [0.15, 0.2) is 53.9 Å². The summed E-state index contributed by atoms with van der Waals surface area (Å²) in [5.41, 5.74) is 7.41. The number of nitrogens with zero attached hydrogens (tertiary/aromatic N) is 1. The quantitative estimate of drug-likeness (QED) is 0.562. The number of aromatic nitrogens is 1. The molecule has 3 rings (SSSR count). The number of nitrogens with one attached hydrogen (secondary N) is 2. The van der Waals surface area contributed by atoms with E-state index in [1.165, 1.54) is 16.9 Å². The van der Waals surface area contributed by atoms with Crippen molar-refractivity contribution < 1.29 is 14.3 Å². The summed E-state index contributed by atoms with van der Waals surface area (Å²) in [7, 11) is 0. The molecule has 150 valence electrons. The third-order valence-electron chi connectivity index (χ3n) is 3.94. The molecule has 6 nitrogen and oxygen atoms in total. The summed E-state index contributed by atoms with van der Waals surface area (Å²) in [6.07, 6.45) is 0.219. The van der Waals surface area contributed by atoms with E-state index in [4.69, 9.17) is 16.3 Å². The third-order valence-corrected chi connectivity index (χ3v) is 5.07. The second-order valence-corrected chi connectivity index (χ2v) is 7.79. The van der Waals surface area contributed by atoms with Gasteiger partial charge in [0, 0.05) is 10.4 Å². The van der Waals surface area contributed by atoms with Crippen LogP contribution in [0.4, 0.5) is 0 Å². The molecule has 0 bridgehead atoms. The number of benzene rings is 2. The van der Waals surface area contributed by atoms with Crippen molar-refractivity contribution in [3.63, 3.8) is 0 Å². The predicted octanol–water partition coefficient (Wildman–Crippen LogP) is 3.62. The zero-order chi connectivity index (χ0) is 20.6. The summed E-state index contributed by atoms with van der Waals surface area (Å²) in [5, 5.41) is 3.19. The van der Waals surface area contributed by atoms with Crippen molar-refractivity contribution in [3.05, 3.63) is 80.8 Å². The van der Waals surface area contributed by atoms with Crippen LogP contribution in [0, 0.1) is 6.92 Å². The number of amides is 2. The van der Waals surface area contributed by atoms with Gasteiger partial charge >= 0.3 is 0 Å². The van der Waals surface area contributed by atoms with Crippen molar-refractivity contribution in [2.45, 2.75) is 26.4 Å². The highest BCUT2D eigenvalue weighted by atomic mass is 35.5. The maximum atomic E-state index is 12.0. The van der Waals surface area contributed by atoms with Crippen LogP contribution in [0.25, 0.3) is 0 Å². The van der Waals surface area contributed by atoms with Crippen molar-refractivity contribution in [1.82, 2.24) is 15.8 Å². The molecule has 1 aromatic heterocycles. The number of thiazole rings is 1. The van der Waals surface area contributed by atoms with Crippen LogP contribution < -0.4 is 15.6 Å². The lowest BCUT2D eigenvalue weighted by Gasteiger charge is -2.07. The SMILES string of the molecule is Cc1ccc(OCc2nc(CC(=O)NNC(=O)Cc3ccc(Cl)cc3)cs2)cc1. The van der Waals surface area contributed by atoms with Crippen LogP contribution in [0.2, 0.25) is 5.02 Å². The van der Waals surface area contributed by atoms with Gasteiger partial charge < -0.3 is 4.74 Å². The van der Waals surface area contributed by atoms with E-state index in [0.29, 0.717) is 17.3 Å². The molecular weight excluding hydrogens is 410 g/mol. The minimum absolute atomic E-state index is 0.0717. The van der Waals surface area contributed by atoms with E-state index in [-0.39, 0.29) is 24.7 Å². The summed E-state index contributed by atoms with van der Waals surface area (Å²) in [6.45, 7) is 2.36. The fourth-order valence-corrected chi connectivity index (χ4v) is 3.29. The molecule has 0 aliphatic rings. The van der Waals surface area contributed by atoms with Crippen molar-refractivity contribution >= 4 is 34.8 Å². The summed E-state index contributed by atoms with van der Waals surface area (Å²) >= 11 is 7.24. The number of hydrogen-bond donors (Lipinski definition) is 2. The number of carbonyl (C=O) groups is 2. The van der Waals surface area contributed by atoms with Crippen LogP contribution in [0.5, 0.6) is 5.75 Å². The van der Waals surface area contributed by atoms with Crippen LogP contribution in [-0.2, 0) is 29.0 Å². The molecule has 2 aromatic carbocycles. The van der Waals surface area contributed by atoms with Crippen molar-refractivity contribution in [3.8, 4) is 5.75 Å². The molecule has 0 fully saturated rings. The molecule has 1 heterocycles. The summed E-state index contributed by atoms with van der Waals surface area (Å²) in [6, 6.07) is 14.7. The van der Waals surface area contributed by atoms with E-state index >= 15 is 0 Å².